The van der Waals surface area contributed by atoms with Crippen LogP contribution in [0.5, 0.6) is 0 Å². The van der Waals surface area contributed by atoms with Crippen LogP contribution in [-0.4, -0.2) is 60.5 Å². The lowest BCUT2D eigenvalue weighted by atomic mass is 10.2. The van der Waals surface area contributed by atoms with Crippen molar-refractivity contribution in [1.29, 1.82) is 0 Å². The van der Waals surface area contributed by atoms with Gasteiger partial charge in [-0.3, -0.25) is 9.08 Å². The highest BCUT2D eigenvalue weighted by atomic mass is 32.2. The second kappa shape index (κ2) is 4.26. The standard InChI is InChI=1S/C7H11NO7S/c1-16(13,14)15-4-2-5(6(9)10)8(3-4)7(11)12/h4-5H,2-3H2,1H3,(H,9,10)(H,11,12)/t4-,5+/m1/s1. The first-order valence-corrected chi connectivity index (χ1v) is 6.13. The van der Waals surface area contributed by atoms with Gasteiger partial charge in [0, 0.05) is 6.42 Å². The maximum atomic E-state index is 10.8. The molecule has 0 saturated carbocycles. The molecule has 0 radical (unpaired) electrons. The van der Waals surface area contributed by atoms with Gasteiger partial charge in [-0.1, -0.05) is 0 Å². The van der Waals surface area contributed by atoms with Crippen LogP contribution < -0.4 is 0 Å². The monoisotopic (exact) mass is 253 g/mol. The predicted molar refractivity (Wildman–Crippen MR) is 50.5 cm³/mol. The normalized spacial score (nSPS) is 25.7. The number of hydrogen-bond acceptors (Lipinski definition) is 5. The summed E-state index contributed by atoms with van der Waals surface area (Å²) in [5.74, 6) is -1.32. The van der Waals surface area contributed by atoms with Gasteiger partial charge in [0.1, 0.15) is 6.04 Å². The molecule has 92 valence electrons. The van der Waals surface area contributed by atoms with Gasteiger partial charge in [0.25, 0.3) is 10.1 Å². The number of rotatable bonds is 3. The van der Waals surface area contributed by atoms with Gasteiger partial charge in [-0.15, -0.1) is 0 Å². The molecule has 1 amide bonds. The van der Waals surface area contributed by atoms with Crippen molar-refractivity contribution >= 4 is 22.2 Å². The molecule has 0 spiro atoms. The van der Waals surface area contributed by atoms with E-state index in [1.165, 1.54) is 0 Å². The van der Waals surface area contributed by atoms with Crippen LogP contribution in [0, 0.1) is 0 Å². The first kappa shape index (κ1) is 12.7. The number of nitrogens with zero attached hydrogens (tertiary/aromatic N) is 1. The van der Waals surface area contributed by atoms with Gasteiger partial charge in [0.05, 0.1) is 18.9 Å². The second-order valence-electron chi connectivity index (χ2n) is 3.45. The summed E-state index contributed by atoms with van der Waals surface area (Å²) in [6.07, 6.45) is -1.69. The summed E-state index contributed by atoms with van der Waals surface area (Å²) in [6, 6.07) is -1.26. The molecule has 0 unspecified atom stereocenters. The topological polar surface area (TPSA) is 121 Å². The molecular weight excluding hydrogens is 242 g/mol. The number of carbonyl (C=O) groups is 2. The quantitative estimate of drug-likeness (QED) is 0.629. The molecule has 0 aromatic heterocycles. The third-order valence-electron chi connectivity index (χ3n) is 2.10. The summed E-state index contributed by atoms with van der Waals surface area (Å²) in [6.45, 7) is -0.265. The fourth-order valence-corrected chi connectivity index (χ4v) is 2.19. The molecular formula is C7H11NO7S. The molecule has 1 heterocycles. The fraction of sp³-hybridized carbons (Fsp3) is 0.714. The van der Waals surface area contributed by atoms with Crippen molar-refractivity contribution in [2.24, 2.45) is 0 Å². The zero-order valence-corrected chi connectivity index (χ0v) is 9.18. The Bertz CT molecular complexity index is 381. The van der Waals surface area contributed by atoms with Crippen molar-refractivity contribution in [3.05, 3.63) is 0 Å². The summed E-state index contributed by atoms with van der Waals surface area (Å²) in [4.78, 5) is 22.1. The van der Waals surface area contributed by atoms with Gasteiger partial charge in [0.15, 0.2) is 0 Å². The average Bonchev–Trinajstić information content (AvgIpc) is 2.44. The predicted octanol–water partition coefficient (Wildman–Crippen LogP) is -0.832. The number of likely N-dealkylation sites (tertiary alicyclic amines) is 1. The Balaban J connectivity index is 2.77. The molecule has 1 aliphatic rings. The molecule has 1 saturated heterocycles. The molecule has 1 fully saturated rings. The number of aliphatic carboxylic acids is 1. The molecule has 1 rings (SSSR count). The first-order chi connectivity index (χ1) is 7.20. The first-order valence-electron chi connectivity index (χ1n) is 4.31. The van der Waals surface area contributed by atoms with Crippen molar-refractivity contribution in [3.63, 3.8) is 0 Å². The molecule has 0 aromatic carbocycles. The van der Waals surface area contributed by atoms with Crippen molar-refractivity contribution in [2.45, 2.75) is 18.6 Å². The van der Waals surface area contributed by atoms with Gasteiger partial charge >= 0.3 is 12.1 Å². The van der Waals surface area contributed by atoms with E-state index in [-0.39, 0.29) is 13.0 Å². The van der Waals surface area contributed by atoms with Crippen LogP contribution >= 0.6 is 0 Å². The van der Waals surface area contributed by atoms with Crippen LogP contribution in [0.4, 0.5) is 4.79 Å². The molecule has 0 aliphatic carbocycles. The summed E-state index contributed by atoms with van der Waals surface area (Å²) in [7, 11) is -3.72. The largest absolute Gasteiger partial charge is 0.480 e. The zero-order valence-electron chi connectivity index (χ0n) is 8.36. The van der Waals surface area contributed by atoms with Gasteiger partial charge < -0.3 is 10.2 Å². The van der Waals surface area contributed by atoms with Crippen LogP contribution in [0.15, 0.2) is 0 Å². The van der Waals surface area contributed by atoms with Gasteiger partial charge in [-0.25, -0.2) is 9.59 Å². The number of carboxylic acids is 1. The van der Waals surface area contributed by atoms with Crippen LogP contribution in [-0.2, 0) is 19.1 Å². The Morgan fingerprint density at radius 3 is 2.25 bits per heavy atom. The molecule has 2 N–H and O–H groups in total. The van der Waals surface area contributed by atoms with E-state index in [9.17, 15) is 18.0 Å². The number of hydrogen-bond donors (Lipinski definition) is 2. The van der Waals surface area contributed by atoms with Gasteiger partial charge in [0.2, 0.25) is 0 Å². The zero-order chi connectivity index (χ0) is 12.5. The molecule has 1 aliphatic heterocycles. The lowest BCUT2D eigenvalue weighted by Crippen LogP contribution is -2.39. The summed E-state index contributed by atoms with van der Waals surface area (Å²) >= 11 is 0. The lowest BCUT2D eigenvalue weighted by Gasteiger charge is -2.16. The van der Waals surface area contributed by atoms with E-state index in [4.69, 9.17) is 10.2 Å². The maximum Gasteiger partial charge on any atom is 0.408 e. The highest BCUT2D eigenvalue weighted by Gasteiger charge is 2.41. The van der Waals surface area contributed by atoms with E-state index in [0.29, 0.717) is 4.90 Å². The van der Waals surface area contributed by atoms with E-state index >= 15 is 0 Å². The third-order valence-corrected chi connectivity index (χ3v) is 2.73. The van der Waals surface area contributed by atoms with Crippen molar-refractivity contribution in [2.75, 3.05) is 12.8 Å². The Kier molecular flexibility index (Phi) is 3.38. The van der Waals surface area contributed by atoms with Crippen molar-refractivity contribution < 1.29 is 32.4 Å². The molecule has 0 bridgehead atoms. The third kappa shape index (κ3) is 3.07. The fourth-order valence-electron chi connectivity index (χ4n) is 1.56. The Labute approximate surface area is 91.5 Å². The van der Waals surface area contributed by atoms with E-state index in [0.717, 1.165) is 6.26 Å². The van der Waals surface area contributed by atoms with Crippen molar-refractivity contribution in [3.8, 4) is 0 Å². The van der Waals surface area contributed by atoms with Crippen LogP contribution in [0.2, 0.25) is 0 Å². The van der Waals surface area contributed by atoms with Gasteiger partial charge in [-0.05, 0) is 0 Å². The summed E-state index contributed by atoms with van der Waals surface area (Å²) in [5, 5.41) is 17.4. The van der Waals surface area contributed by atoms with Crippen LogP contribution in [0.25, 0.3) is 0 Å². The SMILES string of the molecule is CS(=O)(=O)O[C@@H]1C[C@@H](C(=O)O)N(C(=O)O)C1. The van der Waals surface area contributed by atoms with E-state index in [1.807, 2.05) is 0 Å². The highest BCUT2D eigenvalue weighted by Crippen LogP contribution is 2.21. The minimum Gasteiger partial charge on any atom is -0.480 e. The van der Waals surface area contributed by atoms with E-state index in [2.05, 4.69) is 4.18 Å². The van der Waals surface area contributed by atoms with Crippen LogP contribution in [0.3, 0.4) is 0 Å². The average molecular weight is 253 g/mol. The van der Waals surface area contributed by atoms with Gasteiger partial charge in [-0.2, -0.15) is 8.42 Å². The molecule has 0 aromatic rings. The molecule has 2 atom stereocenters. The Morgan fingerprint density at radius 1 is 1.38 bits per heavy atom. The summed E-state index contributed by atoms with van der Waals surface area (Å²) in [5.41, 5.74) is 0. The minimum atomic E-state index is -3.72. The maximum absolute atomic E-state index is 10.8. The molecule has 16 heavy (non-hydrogen) atoms. The van der Waals surface area contributed by atoms with E-state index < -0.39 is 34.3 Å². The molecule has 9 heteroatoms. The number of amides is 1. The molecule has 8 nitrogen and oxygen atoms in total. The van der Waals surface area contributed by atoms with Crippen molar-refractivity contribution in [1.82, 2.24) is 4.90 Å². The van der Waals surface area contributed by atoms with E-state index in [1.54, 1.807) is 0 Å². The smallest absolute Gasteiger partial charge is 0.408 e. The Morgan fingerprint density at radius 2 is 1.94 bits per heavy atom. The Hall–Kier alpha value is -1.35. The number of carboxylic acid groups (broad SMARTS) is 2. The lowest BCUT2D eigenvalue weighted by molar-refractivity contribution is -0.141. The second-order valence-corrected chi connectivity index (χ2v) is 5.05. The highest BCUT2D eigenvalue weighted by molar-refractivity contribution is 7.86. The minimum absolute atomic E-state index is 0.172. The van der Waals surface area contributed by atoms with Crippen LogP contribution in [0.1, 0.15) is 6.42 Å². The summed E-state index contributed by atoms with van der Waals surface area (Å²) < 4.78 is 26.2.